The number of hydrogen-bond donors (Lipinski definition) is 0. The van der Waals surface area contributed by atoms with Crippen LogP contribution in [-0.4, -0.2) is 74.2 Å². The Hall–Kier alpha value is -1.01. The van der Waals surface area contributed by atoms with Gasteiger partial charge < -0.3 is 13.6 Å². The molecule has 1 rings (SSSR count). The molecular weight excluding hydrogens is 454 g/mol. The molecule has 0 aliphatic heterocycles. The van der Waals surface area contributed by atoms with E-state index >= 15 is 0 Å². The smallest absolute Gasteiger partial charge is 0.243 e. The highest BCUT2D eigenvalue weighted by molar-refractivity contribution is 7.85. The summed E-state index contributed by atoms with van der Waals surface area (Å²) in [7, 11) is -3.37. The topological polar surface area (TPSA) is 123 Å². The highest BCUT2D eigenvalue weighted by Gasteiger charge is 2.18. The van der Waals surface area contributed by atoms with Gasteiger partial charge in [0.1, 0.15) is 12.4 Å². The first-order valence-electron chi connectivity index (χ1n) is 11.2. The molecule has 0 radical (unpaired) electrons. The molecule has 9 nitrogen and oxygen atoms in total. The minimum absolute atomic E-state index is 0.604. The molecule has 0 bridgehead atoms. The van der Waals surface area contributed by atoms with Crippen LogP contribution in [0.3, 0.4) is 0 Å². The normalized spacial score (nSPS) is 11.3. The van der Waals surface area contributed by atoms with Crippen molar-refractivity contribution < 1.29 is 35.0 Å². The maximum atomic E-state index is 9.08. The summed E-state index contributed by atoms with van der Waals surface area (Å²) in [6.07, 6.45) is 15.5. The first-order valence-corrected chi connectivity index (χ1v) is 14.8. The second-order valence-electron chi connectivity index (χ2n) is 8.17. The fourth-order valence-electron chi connectivity index (χ4n) is 2.64. The van der Waals surface area contributed by atoms with Gasteiger partial charge in [-0.25, -0.2) is 26.0 Å². The number of aryl methyl sites for hydroxylation is 2. The fraction of sp³-hybridized carbons (Fsp3) is 0.857. The predicted octanol–water partition coefficient (Wildman–Crippen LogP) is 2.49. The van der Waals surface area contributed by atoms with Crippen molar-refractivity contribution in [2.24, 2.45) is 7.05 Å². The molecule has 0 aliphatic carbocycles. The summed E-state index contributed by atoms with van der Waals surface area (Å²) in [4.78, 5) is 0. The number of quaternary nitrogens is 1. The van der Waals surface area contributed by atoms with E-state index in [9.17, 15) is 0 Å². The van der Waals surface area contributed by atoms with Crippen LogP contribution in [-0.2, 0) is 33.8 Å². The first-order chi connectivity index (χ1) is 14.5. The van der Waals surface area contributed by atoms with Crippen LogP contribution in [0.25, 0.3) is 0 Å². The van der Waals surface area contributed by atoms with Gasteiger partial charge in [-0.1, -0.05) is 40.0 Å². The lowest BCUT2D eigenvalue weighted by Crippen LogP contribution is -2.46. The zero-order chi connectivity index (χ0) is 25.8. The van der Waals surface area contributed by atoms with E-state index in [4.69, 9.17) is 25.9 Å². The molecule has 1 aromatic rings. The zero-order valence-electron chi connectivity index (χ0n) is 21.4. The van der Waals surface area contributed by atoms with Crippen molar-refractivity contribution in [3.05, 3.63) is 18.7 Å². The second kappa shape index (κ2) is 19.5. The average molecular weight is 502 g/mol. The molecule has 0 aliphatic rings. The van der Waals surface area contributed by atoms with E-state index in [0.29, 0.717) is 12.5 Å². The fourth-order valence-corrected chi connectivity index (χ4v) is 2.64. The summed E-state index contributed by atoms with van der Waals surface area (Å²) in [5, 5.41) is 0. The summed E-state index contributed by atoms with van der Waals surface area (Å²) in [6.45, 7) is 14.2. The van der Waals surface area contributed by atoms with E-state index in [0.717, 1.165) is 6.54 Å². The number of nitrogens with zero attached hydrogens (tertiary/aromatic N) is 3. The lowest BCUT2D eigenvalue weighted by Gasteiger charge is -2.34. The SMILES string of the molecule is CCCC[N+](C)(CCCC)CCCC.CC[n+]1ccn(C)c1.CS(=O)(=O)[O-].CS(=O)(=O)[O-]. The molecule has 0 amide bonds. The average Bonchev–Trinajstić information content (AvgIpc) is 3.07. The van der Waals surface area contributed by atoms with E-state index < -0.39 is 20.2 Å². The number of rotatable bonds is 10. The van der Waals surface area contributed by atoms with E-state index in [1.54, 1.807) is 0 Å². The summed E-state index contributed by atoms with van der Waals surface area (Å²) >= 11 is 0. The Labute approximate surface area is 197 Å². The van der Waals surface area contributed by atoms with Gasteiger partial charge in [-0.3, -0.25) is 0 Å². The third-order valence-corrected chi connectivity index (χ3v) is 4.34. The summed E-state index contributed by atoms with van der Waals surface area (Å²) < 4.78 is 59.9. The molecule has 11 heteroatoms. The highest BCUT2D eigenvalue weighted by Crippen LogP contribution is 2.10. The van der Waals surface area contributed by atoms with Crippen LogP contribution in [0.15, 0.2) is 18.7 Å². The molecule has 1 heterocycles. The van der Waals surface area contributed by atoms with Crippen LogP contribution in [0.2, 0.25) is 0 Å². The molecular formula is C21H47N3O6S2. The van der Waals surface area contributed by atoms with Crippen LogP contribution < -0.4 is 4.57 Å². The molecule has 0 aromatic carbocycles. The lowest BCUT2D eigenvalue weighted by atomic mass is 10.2. The van der Waals surface area contributed by atoms with Crippen LogP contribution in [0, 0.1) is 0 Å². The van der Waals surface area contributed by atoms with Gasteiger partial charge in [0, 0.05) is 12.5 Å². The van der Waals surface area contributed by atoms with Crippen molar-refractivity contribution in [2.45, 2.75) is 72.8 Å². The third kappa shape index (κ3) is 36.4. The lowest BCUT2D eigenvalue weighted by molar-refractivity contribution is -0.910. The monoisotopic (exact) mass is 501 g/mol. The Balaban J connectivity index is -0.000000392. The van der Waals surface area contributed by atoms with Crippen LogP contribution in [0.4, 0.5) is 0 Å². The van der Waals surface area contributed by atoms with Gasteiger partial charge in [0.15, 0.2) is 0 Å². The minimum atomic E-state index is -3.92. The van der Waals surface area contributed by atoms with Crippen molar-refractivity contribution in [1.29, 1.82) is 0 Å². The summed E-state index contributed by atoms with van der Waals surface area (Å²) in [6, 6.07) is 0. The van der Waals surface area contributed by atoms with Gasteiger partial charge in [0.25, 0.3) is 0 Å². The van der Waals surface area contributed by atoms with Gasteiger partial charge >= 0.3 is 0 Å². The van der Waals surface area contributed by atoms with Crippen molar-refractivity contribution in [2.75, 3.05) is 39.2 Å². The van der Waals surface area contributed by atoms with Gasteiger partial charge in [-0.05, 0) is 26.2 Å². The minimum Gasteiger partial charge on any atom is -0.748 e. The number of aromatic nitrogens is 2. The van der Waals surface area contributed by atoms with Crippen LogP contribution >= 0.6 is 0 Å². The Kier molecular flexibility index (Phi) is 21.6. The molecule has 0 spiro atoms. The summed E-state index contributed by atoms with van der Waals surface area (Å²) in [5.41, 5.74) is 0. The van der Waals surface area contributed by atoms with Crippen molar-refractivity contribution >= 4 is 20.2 Å². The second-order valence-corrected chi connectivity index (χ2v) is 11.0. The Morgan fingerprint density at radius 3 is 1.28 bits per heavy atom. The third-order valence-electron chi connectivity index (χ3n) is 4.34. The molecule has 32 heavy (non-hydrogen) atoms. The zero-order valence-corrected chi connectivity index (χ0v) is 23.0. The van der Waals surface area contributed by atoms with Crippen LogP contribution in [0.1, 0.15) is 66.2 Å². The van der Waals surface area contributed by atoms with E-state index in [-0.39, 0.29) is 0 Å². The van der Waals surface area contributed by atoms with Crippen molar-refractivity contribution in [3.8, 4) is 0 Å². The van der Waals surface area contributed by atoms with E-state index in [2.05, 4.69) is 51.8 Å². The molecule has 1 aromatic heterocycles. The quantitative estimate of drug-likeness (QED) is 0.276. The van der Waals surface area contributed by atoms with Crippen LogP contribution in [0.5, 0.6) is 0 Å². The molecule has 0 atom stereocenters. The number of hydrogen-bond acceptors (Lipinski definition) is 6. The number of unbranched alkanes of at least 4 members (excludes halogenated alkanes) is 3. The molecule has 0 saturated carbocycles. The van der Waals surface area contributed by atoms with Crippen molar-refractivity contribution in [1.82, 2.24) is 4.57 Å². The summed E-state index contributed by atoms with van der Waals surface area (Å²) in [5.74, 6) is 0. The largest absolute Gasteiger partial charge is 0.748 e. The standard InChI is InChI=1S/C13H30N.C6H11N2.2CH4O3S/c1-5-8-11-14(4,12-9-6-2)13-10-7-3;1-3-8-5-4-7(2)6-8;2*1-5(2,3)4/h5-13H2,1-4H3;4-6H,3H2,1-2H3;2*1H3,(H,2,3,4)/q2*+1;;/p-2. The van der Waals surface area contributed by atoms with Crippen molar-refractivity contribution in [3.63, 3.8) is 0 Å². The van der Waals surface area contributed by atoms with E-state index in [1.807, 2.05) is 17.8 Å². The highest BCUT2D eigenvalue weighted by atomic mass is 32.2. The van der Waals surface area contributed by atoms with Gasteiger partial charge in [0.05, 0.1) is 60.5 Å². The Morgan fingerprint density at radius 2 is 1.12 bits per heavy atom. The van der Waals surface area contributed by atoms with E-state index in [1.165, 1.54) is 62.6 Å². The number of imidazole rings is 1. The molecule has 0 saturated heterocycles. The maximum absolute atomic E-state index is 9.08. The molecule has 0 unspecified atom stereocenters. The van der Waals surface area contributed by atoms with Gasteiger partial charge in [-0.2, -0.15) is 0 Å². The Morgan fingerprint density at radius 1 is 0.812 bits per heavy atom. The predicted molar refractivity (Wildman–Crippen MR) is 128 cm³/mol. The maximum Gasteiger partial charge on any atom is 0.243 e. The Bertz CT molecular complexity index is 694. The molecule has 0 N–H and O–H groups in total. The molecule has 0 fully saturated rings. The van der Waals surface area contributed by atoms with Gasteiger partial charge in [0.2, 0.25) is 6.33 Å². The molecule has 194 valence electrons. The van der Waals surface area contributed by atoms with Gasteiger partial charge in [-0.15, -0.1) is 0 Å². The first kappa shape index (κ1) is 35.6.